The van der Waals surface area contributed by atoms with Crippen molar-refractivity contribution in [3.63, 3.8) is 0 Å². The molecule has 1 aliphatic rings. The second kappa shape index (κ2) is 8.16. The summed E-state index contributed by atoms with van der Waals surface area (Å²) in [5.41, 5.74) is 0.979. The third-order valence-corrected chi connectivity index (χ3v) is 6.79. The summed E-state index contributed by atoms with van der Waals surface area (Å²) in [5, 5.41) is -0.185. The zero-order chi connectivity index (χ0) is 23.2. The normalized spacial score (nSPS) is 15.5. The molecule has 8 heteroatoms. The Morgan fingerprint density at radius 2 is 1.78 bits per heavy atom. The lowest BCUT2D eigenvalue weighted by Crippen LogP contribution is -2.32. The molecule has 166 valence electrons. The van der Waals surface area contributed by atoms with Gasteiger partial charge in [0, 0.05) is 48.1 Å². The van der Waals surface area contributed by atoms with Gasteiger partial charge in [0.15, 0.2) is 5.43 Å². The Bertz CT molecular complexity index is 1250. The average molecular weight is 459 g/mol. The molecule has 4 nitrogen and oxygen atoms in total. The van der Waals surface area contributed by atoms with Crippen molar-refractivity contribution in [1.82, 2.24) is 9.47 Å². The highest BCUT2D eigenvalue weighted by molar-refractivity contribution is 7.99. The molecule has 0 fully saturated rings. The van der Waals surface area contributed by atoms with Gasteiger partial charge >= 0.3 is 6.18 Å². The van der Waals surface area contributed by atoms with E-state index in [0.717, 1.165) is 17.7 Å². The van der Waals surface area contributed by atoms with Crippen LogP contribution in [0.3, 0.4) is 0 Å². The fraction of sp³-hybridized carbons (Fsp3) is 0.250. The summed E-state index contributed by atoms with van der Waals surface area (Å²) in [5.74, 6) is -0.467. The maximum Gasteiger partial charge on any atom is 0.416 e. The van der Waals surface area contributed by atoms with E-state index in [2.05, 4.69) is 0 Å². The van der Waals surface area contributed by atoms with Crippen LogP contribution in [0.5, 0.6) is 0 Å². The number of carbonyl (C=O) groups excluding carboxylic acids is 1. The molecule has 1 aliphatic heterocycles. The average Bonchev–Trinajstić information content (AvgIpc) is 2.90. The molecule has 0 N–H and O–H groups in total. The van der Waals surface area contributed by atoms with Gasteiger partial charge in [0.1, 0.15) is 5.56 Å². The fourth-order valence-corrected chi connectivity index (χ4v) is 5.23. The van der Waals surface area contributed by atoms with Crippen molar-refractivity contribution in [3.8, 4) is 5.69 Å². The zero-order valence-electron chi connectivity index (χ0n) is 17.7. The number of pyridine rings is 1. The maximum atomic E-state index is 13.5. The van der Waals surface area contributed by atoms with Gasteiger partial charge in [-0.2, -0.15) is 13.2 Å². The molecule has 1 amide bonds. The number of alkyl halides is 3. The topological polar surface area (TPSA) is 42.3 Å². The van der Waals surface area contributed by atoms with Gasteiger partial charge in [0.05, 0.1) is 11.3 Å². The number of carbonyl (C=O) groups is 1. The molecule has 32 heavy (non-hydrogen) atoms. The van der Waals surface area contributed by atoms with Gasteiger partial charge in [-0.15, -0.1) is 11.8 Å². The third kappa shape index (κ3) is 3.95. The number of thioether (sulfide) groups is 1. The van der Waals surface area contributed by atoms with Crippen molar-refractivity contribution in [3.05, 3.63) is 92.9 Å². The van der Waals surface area contributed by atoms with Crippen LogP contribution in [0, 0.1) is 6.92 Å². The van der Waals surface area contributed by atoms with E-state index in [1.54, 1.807) is 25.6 Å². The first-order valence-electron chi connectivity index (χ1n) is 9.98. The Morgan fingerprint density at radius 3 is 2.41 bits per heavy atom. The van der Waals surface area contributed by atoms with Gasteiger partial charge < -0.3 is 9.47 Å². The molecule has 3 aromatic rings. The van der Waals surface area contributed by atoms with Crippen molar-refractivity contribution < 1.29 is 18.0 Å². The molecule has 0 radical (unpaired) electrons. The highest BCUT2D eigenvalue weighted by Gasteiger charge is 2.34. The molecule has 2 aromatic carbocycles. The van der Waals surface area contributed by atoms with Gasteiger partial charge in [-0.05, 0) is 30.7 Å². The first-order chi connectivity index (χ1) is 15.1. The number of amides is 1. The first-order valence-corrected chi connectivity index (χ1v) is 10.9. The van der Waals surface area contributed by atoms with Crippen molar-refractivity contribution >= 4 is 17.7 Å². The second-order valence-electron chi connectivity index (χ2n) is 7.91. The smallest absolute Gasteiger partial charge is 0.345 e. The summed E-state index contributed by atoms with van der Waals surface area (Å²) >= 11 is 1.44. The Morgan fingerprint density at radius 1 is 1.09 bits per heavy atom. The number of rotatable bonds is 2. The van der Waals surface area contributed by atoms with E-state index < -0.39 is 23.1 Å². The van der Waals surface area contributed by atoms with Crippen molar-refractivity contribution in [1.29, 1.82) is 0 Å². The van der Waals surface area contributed by atoms with Crippen LogP contribution < -0.4 is 5.43 Å². The van der Waals surface area contributed by atoms with Crippen molar-refractivity contribution in [2.45, 2.75) is 29.7 Å². The van der Waals surface area contributed by atoms with Gasteiger partial charge in [-0.1, -0.05) is 30.3 Å². The SMILES string of the molecule is Cc1cc(=O)c(C(=O)N(C)C)c2n1-c1cc(C(F)(F)F)ccc1S[C@H](c1ccccc1)C2. The van der Waals surface area contributed by atoms with Crippen LogP contribution in [0.4, 0.5) is 13.2 Å². The molecule has 1 aromatic heterocycles. The number of hydrogen-bond donors (Lipinski definition) is 0. The fourth-order valence-electron chi connectivity index (χ4n) is 3.97. The van der Waals surface area contributed by atoms with E-state index in [1.165, 1.54) is 28.8 Å². The monoisotopic (exact) mass is 458 g/mol. The lowest BCUT2D eigenvalue weighted by molar-refractivity contribution is -0.137. The van der Waals surface area contributed by atoms with Crippen LogP contribution >= 0.6 is 11.8 Å². The third-order valence-electron chi connectivity index (χ3n) is 5.46. The van der Waals surface area contributed by atoms with Gasteiger partial charge in [0.2, 0.25) is 0 Å². The molecule has 4 rings (SSSR count). The molecule has 0 saturated heterocycles. The summed E-state index contributed by atoms with van der Waals surface area (Å²) in [6.45, 7) is 1.67. The minimum atomic E-state index is -4.51. The predicted octanol–water partition coefficient (Wildman–Crippen LogP) is 5.26. The Kier molecular flexibility index (Phi) is 5.67. The van der Waals surface area contributed by atoms with Crippen LogP contribution in [0.1, 0.15) is 38.1 Å². The van der Waals surface area contributed by atoms with E-state index in [1.807, 2.05) is 30.3 Å². The van der Waals surface area contributed by atoms with Gasteiger partial charge in [-0.25, -0.2) is 0 Å². The molecular formula is C24H21F3N2O2S. The van der Waals surface area contributed by atoms with Crippen molar-refractivity contribution in [2.24, 2.45) is 0 Å². The molecule has 1 atom stereocenters. The first kappa shape index (κ1) is 22.2. The van der Waals surface area contributed by atoms with Crippen LogP contribution in [-0.4, -0.2) is 29.5 Å². The number of aryl methyl sites for hydroxylation is 1. The molecule has 0 bridgehead atoms. The Balaban J connectivity index is 2.06. The molecule has 0 spiro atoms. The molecule has 0 unspecified atom stereocenters. The summed E-state index contributed by atoms with van der Waals surface area (Å²) in [6, 6.07) is 14.5. The standard InChI is InChI=1S/C24H21F3N2O2S/c1-14-11-19(30)22(23(31)28(2)3)18-13-21(15-7-5-4-6-8-15)32-20-10-9-16(24(25,26)27)12-17(20)29(14)18/h4-12,21H,13H2,1-3H3/t21-/m0/s1. The largest absolute Gasteiger partial charge is 0.416 e. The molecular weight excluding hydrogens is 437 g/mol. The maximum absolute atomic E-state index is 13.5. The quantitative estimate of drug-likeness (QED) is 0.526. The highest BCUT2D eigenvalue weighted by atomic mass is 32.2. The molecule has 2 heterocycles. The number of benzene rings is 2. The van der Waals surface area contributed by atoms with E-state index in [4.69, 9.17) is 0 Å². The number of aromatic nitrogens is 1. The minimum Gasteiger partial charge on any atom is -0.345 e. The van der Waals surface area contributed by atoms with Gasteiger partial charge in [-0.3, -0.25) is 9.59 Å². The lowest BCUT2D eigenvalue weighted by Gasteiger charge is -2.22. The number of fused-ring (bicyclic) bond motifs is 3. The summed E-state index contributed by atoms with van der Waals surface area (Å²) in [6.07, 6.45) is -4.20. The Labute approximate surface area is 187 Å². The van der Waals surface area contributed by atoms with Crippen LogP contribution in [0.15, 0.2) is 64.3 Å². The zero-order valence-corrected chi connectivity index (χ0v) is 18.6. The summed E-state index contributed by atoms with van der Waals surface area (Å²) in [7, 11) is 3.10. The number of hydrogen-bond acceptors (Lipinski definition) is 3. The van der Waals surface area contributed by atoms with E-state index in [-0.39, 0.29) is 10.8 Å². The van der Waals surface area contributed by atoms with Gasteiger partial charge in [0.25, 0.3) is 5.91 Å². The van der Waals surface area contributed by atoms with Crippen LogP contribution in [0.25, 0.3) is 5.69 Å². The summed E-state index contributed by atoms with van der Waals surface area (Å²) in [4.78, 5) is 27.8. The lowest BCUT2D eigenvalue weighted by atomic mass is 10.0. The molecule has 0 aliphatic carbocycles. The molecule has 0 saturated carbocycles. The van der Waals surface area contributed by atoms with E-state index in [9.17, 15) is 22.8 Å². The summed E-state index contributed by atoms with van der Waals surface area (Å²) < 4.78 is 42.2. The van der Waals surface area contributed by atoms with Crippen LogP contribution in [0.2, 0.25) is 0 Å². The number of nitrogens with zero attached hydrogens (tertiary/aromatic N) is 2. The second-order valence-corrected chi connectivity index (χ2v) is 9.15. The predicted molar refractivity (Wildman–Crippen MR) is 119 cm³/mol. The highest BCUT2D eigenvalue weighted by Crippen LogP contribution is 2.45. The van der Waals surface area contributed by atoms with E-state index in [0.29, 0.717) is 28.4 Å². The van der Waals surface area contributed by atoms with Crippen LogP contribution in [-0.2, 0) is 12.6 Å². The van der Waals surface area contributed by atoms with E-state index >= 15 is 0 Å². The minimum absolute atomic E-state index is 0.00704. The number of halogens is 3. The Hall–Kier alpha value is -3.00. The van der Waals surface area contributed by atoms with Crippen molar-refractivity contribution in [2.75, 3.05) is 14.1 Å².